The van der Waals surface area contributed by atoms with E-state index in [9.17, 15) is 10.1 Å². The molecule has 0 aliphatic heterocycles. The van der Waals surface area contributed by atoms with Gasteiger partial charge in [-0.25, -0.2) is 0 Å². The van der Waals surface area contributed by atoms with Crippen molar-refractivity contribution < 1.29 is 4.92 Å². The summed E-state index contributed by atoms with van der Waals surface area (Å²) in [5.74, 6) is 0.303. The highest BCUT2D eigenvalue weighted by atomic mass is 16.6. The van der Waals surface area contributed by atoms with Gasteiger partial charge in [0.15, 0.2) is 0 Å². The highest BCUT2D eigenvalue weighted by Crippen LogP contribution is 2.17. The summed E-state index contributed by atoms with van der Waals surface area (Å²) in [6.45, 7) is 6.77. The van der Waals surface area contributed by atoms with Crippen molar-refractivity contribution in [3.8, 4) is 0 Å². The highest BCUT2D eigenvalue weighted by molar-refractivity contribution is 5.48. The smallest absolute Gasteiger partial charge is 0.269 e. The van der Waals surface area contributed by atoms with E-state index in [1.54, 1.807) is 12.1 Å². The third kappa shape index (κ3) is 4.03. The standard InChI is InChI=1S/C12H19N3O2/c1-9(12(2,3)13)8-14-10-4-6-11(7-5-10)15(16)17/h4-7,9,14H,8,13H2,1-3H3. The van der Waals surface area contributed by atoms with Gasteiger partial charge in [0.2, 0.25) is 0 Å². The van der Waals surface area contributed by atoms with E-state index in [1.807, 2.05) is 13.8 Å². The molecule has 0 saturated heterocycles. The maximum atomic E-state index is 10.5. The lowest BCUT2D eigenvalue weighted by Gasteiger charge is -2.27. The van der Waals surface area contributed by atoms with Gasteiger partial charge in [-0.05, 0) is 31.9 Å². The first kappa shape index (κ1) is 13.4. The van der Waals surface area contributed by atoms with Crippen molar-refractivity contribution >= 4 is 11.4 Å². The molecule has 3 N–H and O–H groups in total. The minimum absolute atomic E-state index is 0.0998. The maximum Gasteiger partial charge on any atom is 0.269 e. The molecule has 1 rings (SSSR count). The number of anilines is 1. The molecule has 17 heavy (non-hydrogen) atoms. The lowest BCUT2D eigenvalue weighted by atomic mass is 9.90. The van der Waals surface area contributed by atoms with Crippen molar-refractivity contribution in [3.63, 3.8) is 0 Å². The molecule has 1 aromatic carbocycles. The van der Waals surface area contributed by atoms with Crippen LogP contribution >= 0.6 is 0 Å². The molecule has 0 spiro atoms. The molecule has 1 unspecified atom stereocenters. The van der Waals surface area contributed by atoms with Gasteiger partial charge in [0, 0.05) is 29.9 Å². The molecule has 1 aromatic rings. The fourth-order valence-electron chi connectivity index (χ4n) is 1.23. The van der Waals surface area contributed by atoms with Crippen molar-refractivity contribution in [2.24, 2.45) is 11.7 Å². The van der Waals surface area contributed by atoms with Crippen LogP contribution in [0.5, 0.6) is 0 Å². The van der Waals surface area contributed by atoms with E-state index in [1.165, 1.54) is 12.1 Å². The Balaban J connectivity index is 2.56. The van der Waals surface area contributed by atoms with E-state index < -0.39 is 4.92 Å². The topological polar surface area (TPSA) is 81.2 Å². The van der Waals surface area contributed by atoms with Crippen LogP contribution in [0.2, 0.25) is 0 Å². The summed E-state index contributed by atoms with van der Waals surface area (Å²) in [5.41, 5.74) is 6.70. The van der Waals surface area contributed by atoms with Crippen LogP contribution in [-0.2, 0) is 0 Å². The molecule has 0 aliphatic carbocycles. The van der Waals surface area contributed by atoms with Crippen LogP contribution in [-0.4, -0.2) is 17.0 Å². The Hall–Kier alpha value is -1.62. The largest absolute Gasteiger partial charge is 0.385 e. The molecule has 5 nitrogen and oxygen atoms in total. The number of nitrogens with one attached hydrogen (secondary N) is 1. The van der Waals surface area contributed by atoms with Crippen molar-refractivity contribution in [2.75, 3.05) is 11.9 Å². The molecule has 0 bridgehead atoms. The number of non-ortho nitro benzene ring substituents is 1. The molecular formula is C12H19N3O2. The third-order valence-electron chi connectivity index (χ3n) is 2.96. The van der Waals surface area contributed by atoms with Crippen molar-refractivity contribution in [3.05, 3.63) is 34.4 Å². The second-order valence-electron chi connectivity index (χ2n) is 4.91. The Morgan fingerprint density at radius 2 is 1.94 bits per heavy atom. The molecule has 94 valence electrons. The van der Waals surface area contributed by atoms with Crippen LogP contribution in [0.15, 0.2) is 24.3 Å². The predicted molar refractivity (Wildman–Crippen MR) is 69.0 cm³/mol. The molecule has 0 aliphatic rings. The Labute approximate surface area is 101 Å². The van der Waals surface area contributed by atoms with E-state index >= 15 is 0 Å². The normalized spacial score (nSPS) is 13.2. The van der Waals surface area contributed by atoms with Gasteiger partial charge in [-0.1, -0.05) is 6.92 Å². The lowest BCUT2D eigenvalue weighted by Crippen LogP contribution is -2.42. The first-order chi connectivity index (χ1) is 7.80. The molecule has 0 aromatic heterocycles. The SMILES string of the molecule is CC(CNc1ccc([N+](=O)[O-])cc1)C(C)(C)N. The highest BCUT2D eigenvalue weighted by Gasteiger charge is 2.19. The van der Waals surface area contributed by atoms with Crippen LogP contribution < -0.4 is 11.1 Å². The van der Waals surface area contributed by atoms with Crippen molar-refractivity contribution in [1.82, 2.24) is 0 Å². The first-order valence-electron chi connectivity index (χ1n) is 5.58. The fraction of sp³-hybridized carbons (Fsp3) is 0.500. The number of nitro benzene ring substituents is 1. The van der Waals surface area contributed by atoms with E-state index in [0.717, 1.165) is 12.2 Å². The first-order valence-corrected chi connectivity index (χ1v) is 5.58. The summed E-state index contributed by atoms with van der Waals surface area (Å²) in [5, 5.41) is 13.7. The molecule has 5 heteroatoms. The van der Waals surface area contributed by atoms with Crippen LogP contribution in [0, 0.1) is 16.0 Å². The lowest BCUT2D eigenvalue weighted by molar-refractivity contribution is -0.384. The van der Waals surface area contributed by atoms with Crippen LogP contribution in [0.3, 0.4) is 0 Å². The molecule has 0 heterocycles. The van der Waals surface area contributed by atoms with E-state index in [-0.39, 0.29) is 11.2 Å². The molecule has 1 atom stereocenters. The van der Waals surface area contributed by atoms with Gasteiger partial charge in [0.1, 0.15) is 0 Å². The van der Waals surface area contributed by atoms with Gasteiger partial charge in [-0.15, -0.1) is 0 Å². The molecule has 0 fully saturated rings. The number of rotatable bonds is 5. The average Bonchev–Trinajstić information content (AvgIpc) is 2.25. The van der Waals surface area contributed by atoms with Crippen LogP contribution in [0.1, 0.15) is 20.8 Å². The summed E-state index contributed by atoms with van der Waals surface area (Å²) < 4.78 is 0. The summed E-state index contributed by atoms with van der Waals surface area (Å²) in [6.07, 6.45) is 0. The molecule has 0 amide bonds. The van der Waals surface area contributed by atoms with Gasteiger partial charge in [0.25, 0.3) is 5.69 Å². The Bertz CT molecular complexity index is 382. The van der Waals surface area contributed by atoms with Crippen molar-refractivity contribution in [2.45, 2.75) is 26.3 Å². The third-order valence-corrected chi connectivity index (χ3v) is 2.96. The van der Waals surface area contributed by atoms with Gasteiger partial charge in [-0.2, -0.15) is 0 Å². The predicted octanol–water partition coefficient (Wildman–Crippen LogP) is 2.38. The molecule has 0 radical (unpaired) electrons. The van der Waals surface area contributed by atoms with E-state index in [4.69, 9.17) is 5.73 Å². The second kappa shape index (κ2) is 5.14. The van der Waals surface area contributed by atoms with Crippen LogP contribution in [0.25, 0.3) is 0 Å². The number of benzene rings is 1. The number of nitrogens with two attached hydrogens (primary N) is 1. The van der Waals surface area contributed by atoms with Crippen molar-refractivity contribution in [1.29, 1.82) is 0 Å². The number of hydrogen-bond donors (Lipinski definition) is 2. The number of nitrogens with zero attached hydrogens (tertiary/aromatic N) is 1. The zero-order valence-electron chi connectivity index (χ0n) is 10.4. The van der Waals surface area contributed by atoms with Gasteiger partial charge >= 0.3 is 0 Å². The van der Waals surface area contributed by atoms with E-state index in [2.05, 4.69) is 12.2 Å². The monoisotopic (exact) mass is 237 g/mol. The zero-order valence-corrected chi connectivity index (χ0v) is 10.4. The maximum absolute atomic E-state index is 10.5. The van der Waals surface area contributed by atoms with Crippen LogP contribution in [0.4, 0.5) is 11.4 Å². The molecule has 0 saturated carbocycles. The fourth-order valence-corrected chi connectivity index (χ4v) is 1.23. The second-order valence-corrected chi connectivity index (χ2v) is 4.91. The zero-order chi connectivity index (χ0) is 13.1. The van der Waals surface area contributed by atoms with Gasteiger partial charge in [-0.3, -0.25) is 10.1 Å². The summed E-state index contributed by atoms with van der Waals surface area (Å²) >= 11 is 0. The van der Waals surface area contributed by atoms with Gasteiger partial charge in [0.05, 0.1) is 4.92 Å². The molecular weight excluding hydrogens is 218 g/mol. The Morgan fingerprint density at radius 3 is 2.35 bits per heavy atom. The van der Waals surface area contributed by atoms with E-state index in [0.29, 0.717) is 5.92 Å². The Kier molecular flexibility index (Phi) is 4.07. The summed E-state index contributed by atoms with van der Waals surface area (Å²) in [6, 6.07) is 6.38. The minimum atomic E-state index is -0.407. The summed E-state index contributed by atoms with van der Waals surface area (Å²) in [4.78, 5) is 10.1. The average molecular weight is 237 g/mol. The quantitative estimate of drug-likeness (QED) is 0.608. The number of hydrogen-bond acceptors (Lipinski definition) is 4. The summed E-state index contributed by atoms with van der Waals surface area (Å²) in [7, 11) is 0. The Morgan fingerprint density at radius 1 is 1.41 bits per heavy atom. The van der Waals surface area contributed by atoms with Gasteiger partial charge < -0.3 is 11.1 Å². The minimum Gasteiger partial charge on any atom is -0.385 e. The number of nitro groups is 1.